The predicted octanol–water partition coefficient (Wildman–Crippen LogP) is 3.32. The van der Waals surface area contributed by atoms with Gasteiger partial charge in [-0.2, -0.15) is 12.1 Å². The molecule has 0 N–H and O–H groups in total. The second-order valence-electron chi connectivity index (χ2n) is 4.36. The van der Waals surface area contributed by atoms with Gasteiger partial charge >= 0.3 is 0 Å². The first-order valence-electron chi connectivity index (χ1n) is 6.34. The Morgan fingerprint density at radius 1 is 1.35 bits per heavy atom. The molecule has 0 spiro atoms. The fraction of sp³-hybridized carbons (Fsp3) is 0.267. The average Bonchev–Trinajstić information content (AvgIpc) is 2.47. The van der Waals surface area contributed by atoms with E-state index in [2.05, 4.69) is 22.0 Å². The van der Waals surface area contributed by atoms with Gasteiger partial charge in [0.05, 0.1) is 6.54 Å². The molecule has 0 aliphatic carbocycles. The van der Waals surface area contributed by atoms with Crippen LogP contribution in [0.2, 0.25) is 0 Å². The molecule has 0 bridgehead atoms. The third-order valence-electron chi connectivity index (χ3n) is 2.84. The van der Waals surface area contributed by atoms with Gasteiger partial charge in [0.25, 0.3) is 6.43 Å². The maximum Gasteiger partial charge on any atom is 0.256 e. The number of aromatic nitrogens is 1. The molecule has 0 amide bonds. The van der Waals surface area contributed by atoms with Crippen LogP contribution in [0.4, 0.5) is 8.78 Å². The van der Waals surface area contributed by atoms with Gasteiger partial charge in [-0.05, 0) is 16.6 Å². The molecule has 2 rings (SSSR count). The number of halogens is 3. The molecule has 23 heavy (non-hydrogen) atoms. The summed E-state index contributed by atoms with van der Waals surface area (Å²) in [5, 5.41) is 0. The minimum Gasteiger partial charge on any atom is -0.468 e. The van der Waals surface area contributed by atoms with E-state index < -0.39 is 18.5 Å². The number of methoxy groups -OCH3 is 1. The van der Waals surface area contributed by atoms with E-state index in [-0.39, 0.29) is 45.2 Å². The van der Waals surface area contributed by atoms with Gasteiger partial charge in [0.1, 0.15) is 5.75 Å². The maximum atomic E-state index is 12.7. The zero-order valence-corrected chi connectivity index (χ0v) is 16.7. The van der Waals surface area contributed by atoms with Crippen molar-refractivity contribution in [1.29, 1.82) is 0 Å². The average molecular weight is 462 g/mol. The van der Waals surface area contributed by atoms with Crippen molar-refractivity contribution in [2.24, 2.45) is 0 Å². The summed E-state index contributed by atoms with van der Waals surface area (Å²) in [5.41, 5.74) is 0.363. The smallest absolute Gasteiger partial charge is 0.256 e. The topological polar surface area (TPSA) is 40.5 Å². The zero-order chi connectivity index (χ0) is 16.1. The second-order valence-corrected chi connectivity index (χ2v) is 5.21. The summed E-state index contributed by atoms with van der Waals surface area (Å²) in [4.78, 5) is 11.8. The third-order valence-corrected chi connectivity index (χ3v) is 3.50. The van der Waals surface area contributed by atoms with Gasteiger partial charge < -0.3 is 14.0 Å². The Morgan fingerprint density at radius 2 is 2.09 bits per heavy atom. The molecule has 0 saturated heterocycles. The summed E-state index contributed by atoms with van der Waals surface area (Å²) in [6, 6.07) is 10.5. The van der Waals surface area contributed by atoms with Gasteiger partial charge in [-0.1, -0.05) is 33.3 Å². The summed E-state index contributed by atoms with van der Waals surface area (Å²) < 4.78 is 37.1. The Balaban J connectivity index is 0.00000264. The van der Waals surface area contributed by atoms with E-state index >= 15 is 0 Å². The predicted molar refractivity (Wildman–Crippen MR) is 81.2 cm³/mol. The summed E-state index contributed by atoms with van der Waals surface area (Å²) in [6.07, 6.45) is -2.63. The quantitative estimate of drug-likeness (QED) is 0.489. The van der Waals surface area contributed by atoms with Crippen LogP contribution >= 0.6 is 15.9 Å². The number of pyridine rings is 1. The maximum absolute atomic E-state index is 12.7. The first kappa shape index (κ1) is 20.4. The van der Waals surface area contributed by atoms with Crippen LogP contribution in [-0.2, 0) is 44.0 Å². The minimum atomic E-state index is -2.63. The van der Waals surface area contributed by atoms with Crippen LogP contribution < -0.4 is 10.3 Å². The number of rotatable bonds is 6. The van der Waals surface area contributed by atoms with Crippen molar-refractivity contribution in [3.8, 4) is 17.0 Å². The molecule has 4 nitrogen and oxygen atoms in total. The monoisotopic (exact) mass is 461 g/mol. The van der Waals surface area contributed by atoms with Gasteiger partial charge in [0.2, 0.25) is 0 Å². The van der Waals surface area contributed by atoms with E-state index in [1.807, 2.05) is 0 Å². The SMILES string of the molecule is COCOc1ccc(-c2[c-]ccc(=O)n2CC(F)F)c(Br)c1.[Y]. The van der Waals surface area contributed by atoms with Gasteiger partial charge in [-0.3, -0.25) is 4.79 Å². The molecule has 121 valence electrons. The normalized spacial score (nSPS) is 10.5. The molecule has 1 aromatic carbocycles. The van der Waals surface area contributed by atoms with Crippen LogP contribution in [0.15, 0.2) is 39.6 Å². The molecule has 1 radical (unpaired) electrons. The number of alkyl halides is 2. The summed E-state index contributed by atoms with van der Waals surface area (Å²) >= 11 is 3.36. The molecule has 0 saturated carbocycles. The minimum absolute atomic E-state index is 0. The summed E-state index contributed by atoms with van der Waals surface area (Å²) in [6.45, 7) is -0.584. The van der Waals surface area contributed by atoms with Gasteiger partial charge in [0, 0.05) is 39.8 Å². The zero-order valence-electron chi connectivity index (χ0n) is 12.3. The molecule has 1 heterocycles. The van der Waals surface area contributed by atoms with Crippen LogP contribution in [0.1, 0.15) is 0 Å². The molecule has 8 heteroatoms. The van der Waals surface area contributed by atoms with Crippen LogP contribution in [-0.4, -0.2) is 24.9 Å². The molecule has 0 atom stereocenters. The third kappa shape index (κ3) is 5.45. The Morgan fingerprint density at radius 3 is 2.70 bits per heavy atom. The van der Waals surface area contributed by atoms with Crippen LogP contribution in [0.5, 0.6) is 5.75 Å². The van der Waals surface area contributed by atoms with E-state index in [1.54, 1.807) is 18.2 Å². The van der Waals surface area contributed by atoms with Crippen molar-refractivity contribution in [2.75, 3.05) is 13.9 Å². The summed E-state index contributed by atoms with van der Waals surface area (Å²) in [7, 11) is 1.51. The van der Waals surface area contributed by atoms with Gasteiger partial charge in [-0.15, -0.1) is 6.07 Å². The molecular formula is C15H13BrF2NO3Y-. The number of hydrogen-bond donors (Lipinski definition) is 0. The van der Waals surface area contributed by atoms with Crippen molar-refractivity contribution in [3.05, 3.63) is 51.2 Å². The first-order chi connectivity index (χ1) is 10.5. The van der Waals surface area contributed by atoms with E-state index in [9.17, 15) is 13.6 Å². The van der Waals surface area contributed by atoms with E-state index in [1.165, 1.54) is 19.2 Å². The van der Waals surface area contributed by atoms with Crippen LogP contribution in [0, 0.1) is 6.07 Å². The van der Waals surface area contributed by atoms with E-state index in [0.717, 1.165) is 4.57 Å². The Labute approximate surface area is 165 Å². The van der Waals surface area contributed by atoms with Crippen molar-refractivity contribution < 1.29 is 51.0 Å². The van der Waals surface area contributed by atoms with E-state index in [4.69, 9.17) is 9.47 Å². The van der Waals surface area contributed by atoms with Crippen molar-refractivity contribution >= 4 is 15.9 Å². The molecule has 0 aliphatic rings. The first-order valence-corrected chi connectivity index (χ1v) is 7.13. The second kappa shape index (κ2) is 9.62. The van der Waals surface area contributed by atoms with E-state index in [0.29, 0.717) is 15.8 Å². The van der Waals surface area contributed by atoms with Crippen LogP contribution in [0.3, 0.4) is 0 Å². The molecule has 0 aliphatic heterocycles. The van der Waals surface area contributed by atoms with Crippen molar-refractivity contribution in [2.45, 2.75) is 13.0 Å². The summed E-state index contributed by atoms with van der Waals surface area (Å²) in [5.74, 6) is 0.552. The molecule has 0 fully saturated rings. The van der Waals surface area contributed by atoms with Gasteiger partial charge in [0.15, 0.2) is 12.4 Å². The number of hydrogen-bond acceptors (Lipinski definition) is 3. The molecule has 1 aromatic heterocycles. The van der Waals surface area contributed by atoms with Gasteiger partial charge in [-0.25, -0.2) is 8.78 Å². The van der Waals surface area contributed by atoms with Crippen LogP contribution in [0.25, 0.3) is 11.3 Å². The number of ether oxygens (including phenoxy) is 2. The fourth-order valence-electron chi connectivity index (χ4n) is 1.92. The largest absolute Gasteiger partial charge is 0.468 e. The molecule has 2 aromatic rings. The number of benzene rings is 1. The van der Waals surface area contributed by atoms with Crippen molar-refractivity contribution in [3.63, 3.8) is 0 Å². The molecule has 0 unspecified atom stereocenters. The Kier molecular flexibility index (Phi) is 8.54. The fourth-order valence-corrected chi connectivity index (χ4v) is 2.46. The Hall–Kier alpha value is -0.626. The standard InChI is InChI=1S/C15H13BrF2NO3.Y/c1-21-9-22-10-5-6-11(12(16)7-10)13-3-2-4-15(20)19(13)8-14(17)18;/h2,4-7,14H,8-9H2,1H3;/q-1;. The number of nitrogens with zero attached hydrogens (tertiary/aromatic N) is 1. The molecular weight excluding hydrogens is 449 g/mol. The van der Waals surface area contributed by atoms with Crippen molar-refractivity contribution in [1.82, 2.24) is 4.57 Å². The Bertz CT molecular complexity index is 709.